The summed E-state index contributed by atoms with van der Waals surface area (Å²) in [7, 11) is 2.83. The van der Waals surface area contributed by atoms with Crippen LogP contribution in [0.25, 0.3) is 10.9 Å². The van der Waals surface area contributed by atoms with E-state index in [0.717, 1.165) is 10.1 Å². The zero-order valence-corrected chi connectivity index (χ0v) is 13.7. The monoisotopic (exact) mass is 340 g/mol. The Balaban J connectivity index is 2.05. The quantitative estimate of drug-likeness (QED) is 0.728. The molecule has 0 aliphatic rings. The van der Waals surface area contributed by atoms with E-state index >= 15 is 0 Å². The van der Waals surface area contributed by atoms with Crippen molar-refractivity contribution in [3.05, 3.63) is 74.4 Å². The van der Waals surface area contributed by atoms with Crippen LogP contribution < -0.4 is 16.0 Å². The van der Waals surface area contributed by atoms with Crippen LogP contribution in [0, 0.1) is 0 Å². The highest BCUT2D eigenvalue weighted by Crippen LogP contribution is 2.13. The summed E-state index contributed by atoms with van der Waals surface area (Å²) in [6.07, 6.45) is 0. The molecule has 0 aliphatic heterocycles. The summed E-state index contributed by atoms with van der Waals surface area (Å²) < 4.78 is 10.8. The number of rotatable bonds is 4. The van der Waals surface area contributed by atoms with Crippen LogP contribution >= 0.6 is 0 Å². The molecule has 0 amide bonds. The van der Waals surface area contributed by atoms with E-state index in [4.69, 9.17) is 4.74 Å². The van der Waals surface area contributed by atoms with Crippen LogP contribution in [0.3, 0.4) is 0 Å². The Morgan fingerprint density at radius 1 is 1.08 bits per heavy atom. The molecule has 7 nitrogen and oxygen atoms in total. The lowest BCUT2D eigenvalue weighted by Gasteiger charge is -2.08. The summed E-state index contributed by atoms with van der Waals surface area (Å²) in [6, 6.07) is 11.5. The van der Waals surface area contributed by atoms with E-state index in [1.807, 2.05) is 0 Å². The van der Waals surface area contributed by atoms with Gasteiger partial charge in [0.1, 0.15) is 5.75 Å². The highest BCUT2D eigenvalue weighted by atomic mass is 16.5. The van der Waals surface area contributed by atoms with E-state index in [-0.39, 0.29) is 12.1 Å². The van der Waals surface area contributed by atoms with Gasteiger partial charge in [-0.3, -0.25) is 9.36 Å². The number of fused-ring (bicyclic) bond motifs is 1. The number of H-pyrrole nitrogens is 1. The molecule has 0 bridgehead atoms. The second-order valence-corrected chi connectivity index (χ2v) is 5.42. The summed E-state index contributed by atoms with van der Waals surface area (Å²) in [4.78, 5) is 39.1. The molecule has 3 aromatic rings. The average molecular weight is 340 g/mol. The smallest absolute Gasteiger partial charge is 0.337 e. The van der Waals surface area contributed by atoms with Crippen LogP contribution in [-0.2, 0) is 11.3 Å². The molecular weight excluding hydrogens is 324 g/mol. The van der Waals surface area contributed by atoms with Gasteiger partial charge in [-0.2, -0.15) is 0 Å². The predicted octanol–water partition coefficient (Wildman–Crippen LogP) is 1.53. The number of aromatic nitrogens is 2. The maximum atomic E-state index is 12.6. The van der Waals surface area contributed by atoms with Crippen LogP contribution in [-0.4, -0.2) is 29.7 Å². The number of nitrogens with zero attached hydrogens (tertiary/aromatic N) is 1. The van der Waals surface area contributed by atoms with E-state index in [1.54, 1.807) is 31.4 Å². The highest BCUT2D eigenvalue weighted by Gasteiger charge is 2.12. The van der Waals surface area contributed by atoms with Gasteiger partial charge in [0.25, 0.3) is 5.56 Å². The maximum absolute atomic E-state index is 12.6. The Bertz CT molecular complexity index is 1050. The van der Waals surface area contributed by atoms with Gasteiger partial charge in [-0.15, -0.1) is 0 Å². The maximum Gasteiger partial charge on any atom is 0.337 e. The van der Waals surface area contributed by atoms with Crippen molar-refractivity contribution >= 4 is 16.9 Å². The Kier molecular flexibility index (Phi) is 4.38. The van der Waals surface area contributed by atoms with Crippen molar-refractivity contribution in [2.24, 2.45) is 0 Å². The number of nitrogens with one attached hydrogen (secondary N) is 1. The minimum absolute atomic E-state index is 0.132. The zero-order chi connectivity index (χ0) is 18.0. The summed E-state index contributed by atoms with van der Waals surface area (Å²) in [5, 5.41) is 0.320. The number of esters is 1. The minimum Gasteiger partial charge on any atom is -0.497 e. The number of benzene rings is 2. The van der Waals surface area contributed by atoms with Crippen LogP contribution in [0.15, 0.2) is 52.1 Å². The van der Waals surface area contributed by atoms with E-state index in [9.17, 15) is 14.4 Å². The van der Waals surface area contributed by atoms with Gasteiger partial charge in [0.05, 0.1) is 37.2 Å². The number of carbonyl (C=O) groups excluding carboxylic acids is 1. The topological polar surface area (TPSA) is 90.4 Å². The van der Waals surface area contributed by atoms with Crippen molar-refractivity contribution in [2.75, 3.05) is 14.2 Å². The molecule has 0 spiro atoms. The van der Waals surface area contributed by atoms with E-state index in [2.05, 4.69) is 9.72 Å². The molecule has 7 heteroatoms. The lowest BCUT2D eigenvalue weighted by molar-refractivity contribution is 0.0601. The molecule has 0 saturated carbocycles. The second kappa shape index (κ2) is 6.64. The summed E-state index contributed by atoms with van der Waals surface area (Å²) >= 11 is 0. The molecule has 128 valence electrons. The first-order chi connectivity index (χ1) is 12.0. The molecule has 1 N–H and O–H groups in total. The molecule has 0 saturated heterocycles. The fourth-order valence-corrected chi connectivity index (χ4v) is 2.56. The molecule has 0 atom stereocenters. The lowest BCUT2D eigenvalue weighted by atomic mass is 10.1. The molecule has 25 heavy (non-hydrogen) atoms. The van der Waals surface area contributed by atoms with Crippen molar-refractivity contribution in [2.45, 2.75) is 6.54 Å². The van der Waals surface area contributed by atoms with Crippen molar-refractivity contribution in [3.63, 3.8) is 0 Å². The molecule has 0 unspecified atom stereocenters. The normalized spacial score (nSPS) is 10.6. The van der Waals surface area contributed by atoms with Crippen LogP contribution in [0.1, 0.15) is 15.9 Å². The standard InChI is InChI=1S/C18H16N2O5/c1-24-13-6-3-11(4-7-13)10-20-16(21)14-8-5-12(17(22)25-2)9-15(14)19-18(20)23/h3-9H,10H2,1-2H3,(H,19,23). The number of ether oxygens (including phenoxy) is 2. The summed E-state index contributed by atoms with van der Waals surface area (Å²) in [5.41, 5.74) is 0.377. The lowest BCUT2D eigenvalue weighted by Crippen LogP contribution is -2.35. The SMILES string of the molecule is COC(=O)c1ccc2c(=O)n(Cc3ccc(OC)cc3)c(=O)[nH]c2c1. The Morgan fingerprint density at radius 3 is 2.44 bits per heavy atom. The van der Waals surface area contributed by atoms with E-state index in [0.29, 0.717) is 16.7 Å². The molecule has 0 aliphatic carbocycles. The van der Waals surface area contributed by atoms with Crippen molar-refractivity contribution < 1.29 is 14.3 Å². The van der Waals surface area contributed by atoms with Gasteiger partial charge in [0.2, 0.25) is 0 Å². The second-order valence-electron chi connectivity index (χ2n) is 5.42. The first-order valence-electron chi connectivity index (χ1n) is 7.51. The average Bonchev–Trinajstić information content (AvgIpc) is 2.64. The van der Waals surface area contributed by atoms with Gasteiger partial charge in [-0.05, 0) is 35.9 Å². The molecule has 3 rings (SSSR count). The minimum atomic E-state index is -0.546. The zero-order valence-electron chi connectivity index (χ0n) is 13.7. The third kappa shape index (κ3) is 3.16. The Hall–Kier alpha value is -3.35. The summed E-state index contributed by atoms with van der Waals surface area (Å²) in [6.45, 7) is 0.132. The largest absolute Gasteiger partial charge is 0.497 e. The molecule has 0 radical (unpaired) electrons. The fraction of sp³-hybridized carbons (Fsp3) is 0.167. The Morgan fingerprint density at radius 2 is 1.80 bits per heavy atom. The van der Waals surface area contributed by atoms with E-state index in [1.165, 1.54) is 25.3 Å². The van der Waals surface area contributed by atoms with Gasteiger partial charge >= 0.3 is 11.7 Å². The molecule has 1 aromatic heterocycles. The fourth-order valence-electron chi connectivity index (χ4n) is 2.56. The van der Waals surface area contributed by atoms with Crippen molar-refractivity contribution in [1.29, 1.82) is 0 Å². The number of carbonyl (C=O) groups is 1. The third-order valence-corrected chi connectivity index (χ3v) is 3.90. The molecular formula is C18H16N2O5. The van der Waals surface area contributed by atoms with Gasteiger partial charge in [-0.25, -0.2) is 9.59 Å². The van der Waals surface area contributed by atoms with Gasteiger partial charge in [0, 0.05) is 0 Å². The predicted molar refractivity (Wildman–Crippen MR) is 92.3 cm³/mol. The van der Waals surface area contributed by atoms with Gasteiger partial charge < -0.3 is 14.5 Å². The molecule has 1 heterocycles. The van der Waals surface area contributed by atoms with E-state index < -0.39 is 17.2 Å². The van der Waals surface area contributed by atoms with Gasteiger partial charge in [0.15, 0.2) is 0 Å². The molecule has 0 fully saturated rings. The number of aromatic amines is 1. The Labute approximate surface area is 142 Å². The third-order valence-electron chi connectivity index (χ3n) is 3.90. The van der Waals surface area contributed by atoms with Crippen molar-refractivity contribution in [3.8, 4) is 5.75 Å². The number of hydrogen-bond donors (Lipinski definition) is 1. The first-order valence-corrected chi connectivity index (χ1v) is 7.51. The van der Waals surface area contributed by atoms with Crippen molar-refractivity contribution in [1.82, 2.24) is 9.55 Å². The van der Waals surface area contributed by atoms with Crippen LogP contribution in [0.4, 0.5) is 0 Å². The number of hydrogen-bond acceptors (Lipinski definition) is 5. The van der Waals surface area contributed by atoms with Gasteiger partial charge in [-0.1, -0.05) is 12.1 Å². The van der Waals surface area contributed by atoms with Crippen LogP contribution in [0.2, 0.25) is 0 Å². The first kappa shape index (κ1) is 16.5. The summed E-state index contributed by atoms with van der Waals surface area (Å²) in [5.74, 6) is 0.156. The molecule has 2 aromatic carbocycles. The number of methoxy groups -OCH3 is 2. The highest BCUT2D eigenvalue weighted by molar-refractivity contribution is 5.93. The van der Waals surface area contributed by atoms with Crippen LogP contribution in [0.5, 0.6) is 5.75 Å².